The Labute approximate surface area is 177 Å². The zero-order chi connectivity index (χ0) is 21.2. The number of carbonyl (C=O) groups is 2. The summed E-state index contributed by atoms with van der Waals surface area (Å²) in [5.74, 6) is -1.06. The second kappa shape index (κ2) is 11.6. The van der Waals surface area contributed by atoms with Crippen molar-refractivity contribution in [2.24, 2.45) is 0 Å². The van der Waals surface area contributed by atoms with Gasteiger partial charge in [0.2, 0.25) is 11.8 Å². The minimum Gasteiger partial charge on any atom is -0.354 e. The van der Waals surface area contributed by atoms with E-state index < -0.39 is 11.9 Å². The van der Waals surface area contributed by atoms with Crippen LogP contribution in [0.1, 0.15) is 37.8 Å². The maximum atomic E-state index is 14.2. The third-order valence-electron chi connectivity index (χ3n) is 4.87. The first kappa shape index (κ1) is 22.9. The minimum absolute atomic E-state index is 0.155. The van der Waals surface area contributed by atoms with Crippen LogP contribution < -0.4 is 5.32 Å². The molecule has 2 rings (SSSR count). The van der Waals surface area contributed by atoms with Crippen molar-refractivity contribution in [2.45, 2.75) is 45.6 Å². The molecule has 0 saturated heterocycles. The van der Waals surface area contributed by atoms with Gasteiger partial charge in [-0.05, 0) is 37.5 Å². The molecule has 0 aliphatic rings. The molecule has 29 heavy (non-hydrogen) atoms. The summed E-state index contributed by atoms with van der Waals surface area (Å²) in [5.41, 5.74) is 1.22. The predicted molar refractivity (Wildman–Crippen MR) is 114 cm³/mol. The highest BCUT2D eigenvalue weighted by atomic mass is 35.5. The molecule has 0 heterocycles. The monoisotopic (exact) mass is 418 g/mol. The summed E-state index contributed by atoms with van der Waals surface area (Å²) in [5, 5.41) is 3.08. The fourth-order valence-corrected chi connectivity index (χ4v) is 3.29. The predicted octanol–water partition coefficient (Wildman–Crippen LogP) is 4.40. The van der Waals surface area contributed by atoms with Crippen molar-refractivity contribution in [3.63, 3.8) is 0 Å². The van der Waals surface area contributed by atoms with Gasteiger partial charge in [0.1, 0.15) is 11.9 Å². The van der Waals surface area contributed by atoms with Crippen molar-refractivity contribution in [3.05, 3.63) is 70.5 Å². The first-order valence-electron chi connectivity index (χ1n) is 9.98. The van der Waals surface area contributed by atoms with Crippen LogP contribution in [0.5, 0.6) is 0 Å². The number of halogens is 2. The van der Waals surface area contributed by atoms with Gasteiger partial charge in [-0.15, -0.1) is 0 Å². The normalized spacial score (nSPS) is 11.7. The zero-order valence-electron chi connectivity index (χ0n) is 17.0. The van der Waals surface area contributed by atoms with Crippen LogP contribution in [0, 0.1) is 5.82 Å². The number of carbonyl (C=O) groups excluding carboxylic acids is 2. The molecule has 4 nitrogen and oxygen atoms in total. The molecule has 1 N–H and O–H groups in total. The lowest BCUT2D eigenvalue weighted by Gasteiger charge is -2.29. The van der Waals surface area contributed by atoms with Crippen LogP contribution in [0.25, 0.3) is 0 Å². The molecule has 0 fully saturated rings. The van der Waals surface area contributed by atoms with E-state index in [0.717, 1.165) is 18.4 Å². The number of benzene rings is 2. The van der Waals surface area contributed by atoms with E-state index in [4.69, 9.17) is 11.6 Å². The van der Waals surface area contributed by atoms with E-state index >= 15 is 0 Å². The van der Waals surface area contributed by atoms with E-state index in [1.54, 1.807) is 13.0 Å². The lowest BCUT2D eigenvalue weighted by molar-refractivity contribution is -0.139. The summed E-state index contributed by atoms with van der Waals surface area (Å²) in [4.78, 5) is 27.1. The Balaban J connectivity index is 2.15. The molecule has 0 aromatic heterocycles. The van der Waals surface area contributed by atoms with Crippen molar-refractivity contribution in [1.82, 2.24) is 10.2 Å². The van der Waals surface area contributed by atoms with Gasteiger partial charge in [0.15, 0.2) is 0 Å². The fraction of sp³-hybridized carbons (Fsp3) is 0.391. The van der Waals surface area contributed by atoms with E-state index in [9.17, 15) is 14.0 Å². The summed E-state index contributed by atoms with van der Waals surface area (Å²) in [7, 11) is 0. The molecule has 156 valence electrons. The number of amides is 2. The molecular formula is C23H28ClFN2O2. The van der Waals surface area contributed by atoms with Crippen LogP contribution in [0.2, 0.25) is 5.02 Å². The smallest absolute Gasteiger partial charge is 0.242 e. The fourth-order valence-electron chi connectivity index (χ4n) is 3.06. The second-order valence-corrected chi connectivity index (χ2v) is 7.43. The van der Waals surface area contributed by atoms with Crippen LogP contribution in [-0.4, -0.2) is 35.8 Å². The Morgan fingerprint density at radius 1 is 1.14 bits per heavy atom. The Hall–Kier alpha value is -2.40. The molecule has 2 amide bonds. The average Bonchev–Trinajstić information content (AvgIpc) is 2.71. The third-order valence-corrected chi connectivity index (χ3v) is 5.22. The SMILES string of the molecule is CCCCNC(=O)C(C)N(CCc1ccccc1)C(=O)Cc1c(F)cccc1Cl. The number of rotatable bonds is 10. The minimum atomic E-state index is -0.659. The maximum absolute atomic E-state index is 14.2. The lowest BCUT2D eigenvalue weighted by Crippen LogP contribution is -2.49. The van der Waals surface area contributed by atoms with Gasteiger partial charge in [-0.2, -0.15) is 0 Å². The van der Waals surface area contributed by atoms with Gasteiger partial charge in [-0.25, -0.2) is 4.39 Å². The lowest BCUT2D eigenvalue weighted by atomic mass is 10.1. The van der Waals surface area contributed by atoms with E-state index in [2.05, 4.69) is 5.32 Å². The molecule has 0 saturated carbocycles. The highest BCUT2D eigenvalue weighted by Crippen LogP contribution is 2.21. The quantitative estimate of drug-likeness (QED) is 0.581. The van der Waals surface area contributed by atoms with E-state index in [0.29, 0.717) is 19.5 Å². The van der Waals surface area contributed by atoms with E-state index in [1.165, 1.54) is 17.0 Å². The van der Waals surface area contributed by atoms with Crippen molar-refractivity contribution in [3.8, 4) is 0 Å². The molecule has 1 unspecified atom stereocenters. The van der Waals surface area contributed by atoms with Crippen LogP contribution in [0.4, 0.5) is 4.39 Å². The zero-order valence-corrected chi connectivity index (χ0v) is 17.7. The molecule has 0 bridgehead atoms. The van der Waals surface area contributed by atoms with Crippen molar-refractivity contribution < 1.29 is 14.0 Å². The number of nitrogens with zero attached hydrogens (tertiary/aromatic N) is 1. The first-order valence-corrected chi connectivity index (χ1v) is 10.4. The Kier molecular flexibility index (Phi) is 9.13. The summed E-state index contributed by atoms with van der Waals surface area (Å²) in [6.07, 6.45) is 2.26. The molecular weight excluding hydrogens is 391 g/mol. The van der Waals surface area contributed by atoms with Crippen LogP contribution >= 0.6 is 11.6 Å². The summed E-state index contributed by atoms with van der Waals surface area (Å²) >= 11 is 6.09. The maximum Gasteiger partial charge on any atom is 0.242 e. The van der Waals surface area contributed by atoms with Crippen LogP contribution in [0.15, 0.2) is 48.5 Å². The second-order valence-electron chi connectivity index (χ2n) is 7.02. The van der Waals surface area contributed by atoms with E-state index in [1.807, 2.05) is 37.3 Å². The Bertz CT molecular complexity index is 794. The standard InChI is InChI=1S/C23H28ClFN2O2/c1-3-4-14-26-23(29)17(2)27(15-13-18-9-6-5-7-10-18)22(28)16-19-20(24)11-8-12-21(19)25/h5-12,17H,3-4,13-16H2,1-2H3,(H,26,29). The molecule has 0 radical (unpaired) electrons. The average molecular weight is 419 g/mol. The molecule has 6 heteroatoms. The van der Waals surface area contributed by atoms with Crippen LogP contribution in [0.3, 0.4) is 0 Å². The number of unbranched alkanes of at least 4 members (excludes halogenated alkanes) is 1. The van der Waals surface area contributed by atoms with Crippen LogP contribution in [-0.2, 0) is 22.4 Å². The van der Waals surface area contributed by atoms with Gasteiger partial charge in [0, 0.05) is 23.7 Å². The van der Waals surface area contributed by atoms with Crippen molar-refractivity contribution in [2.75, 3.05) is 13.1 Å². The third kappa shape index (κ3) is 6.86. The highest BCUT2D eigenvalue weighted by molar-refractivity contribution is 6.31. The highest BCUT2D eigenvalue weighted by Gasteiger charge is 2.26. The van der Waals surface area contributed by atoms with Crippen molar-refractivity contribution >= 4 is 23.4 Å². The molecule has 2 aromatic rings. The van der Waals surface area contributed by atoms with Gasteiger partial charge >= 0.3 is 0 Å². The van der Waals surface area contributed by atoms with Gasteiger partial charge < -0.3 is 10.2 Å². The molecule has 0 spiro atoms. The Morgan fingerprint density at radius 3 is 2.52 bits per heavy atom. The summed E-state index contributed by atoms with van der Waals surface area (Å²) in [6.45, 7) is 4.67. The van der Waals surface area contributed by atoms with Gasteiger partial charge in [-0.3, -0.25) is 9.59 Å². The summed E-state index contributed by atoms with van der Waals surface area (Å²) in [6, 6.07) is 13.4. The Morgan fingerprint density at radius 2 is 1.86 bits per heavy atom. The van der Waals surface area contributed by atoms with Gasteiger partial charge in [0.05, 0.1) is 6.42 Å². The summed E-state index contributed by atoms with van der Waals surface area (Å²) < 4.78 is 14.2. The molecule has 0 aliphatic heterocycles. The molecule has 0 aliphatic carbocycles. The van der Waals surface area contributed by atoms with Crippen molar-refractivity contribution in [1.29, 1.82) is 0 Å². The van der Waals surface area contributed by atoms with Gasteiger partial charge in [-0.1, -0.05) is 61.3 Å². The first-order chi connectivity index (χ1) is 13.9. The number of hydrogen-bond donors (Lipinski definition) is 1. The van der Waals surface area contributed by atoms with Gasteiger partial charge in [0.25, 0.3) is 0 Å². The molecule has 2 aromatic carbocycles. The number of hydrogen-bond acceptors (Lipinski definition) is 2. The van der Waals surface area contributed by atoms with E-state index in [-0.39, 0.29) is 28.8 Å². The topological polar surface area (TPSA) is 49.4 Å². The molecule has 1 atom stereocenters. The largest absolute Gasteiger partial charge is 0.354 e. The number of nitrogens with one attached hydrogen (secondary N) is 1.